The molecule has 1 N–H and O–H groups in total. The summed E-state index contributed by atoms with van der Waals surface area (Å²) in [5.41, 5.74) is 6.01. The molecule has 5 nitrogen and oxygen atoms in total. The molecule has 0 saturated heterocycles. The predicted molar refractivity (Wildman–Crippen MR) is 119 cm³/mol. The van der Waals surface area contributed by atoms with Crippen LogP contribution in [-0.2, 0) is 0 Å². The van der Waals surface area contributed by atoms with Gasteiger partial charge in [-0.05, 0) is 37.6 Å². The average Bonchev–Trinajstić information content (AvgIpc) is 3.34. The average molecular weight is 398 g/mol. The van der Waals surface area contributed by atoms with Crippen molar-refractivity contribution in [3.8, 4) is 16.9 Å². The quantitative estimate of drug-likeness (QED) is 0.410. The summed E-state index contributed by atoms with van der Waals surface area (Å²) in [6.07, 6.45) is 0. The molecular formula is C23H19N5S. The van der Waals surface area contributed by atoms with Crippen LogP contribution in [0.5, 0.6) is 0 Å². The van der Waals surface area contributed by atoms with E-state index in [1.807, 2.05) is 60.1 Å². The second-order valence-electron chi connectivity index (χ2n) is 6.88. The summed E-state index contributed by atoms with van der Waals surface area (Å²) < 4.78 is 1.90. The molecule has 142 valence electrons. The van der Waals surface area contributed by atoms with Gasteiger partial charge in [-0.3, -0.25) is 0 Å². The standard InChI is InChI=1S/C23H19N5S/c1-15-13-20(26-23-24-19(14-29-23)17-9-5-3-6-10-17)25-22-21(15)16(2)27-28(22)18-11-7-4-8-12-18/h3-14H,1-2H3,(H,24,25,26). The normalized spacial score (nSPS) is 11.1. The number of para-hydroxylation sites is 1. The van der Waals surface area contributed by atoms with E-state index in [1.165, 1.54) is 0 Å². The SMILES string of the molecule is Cc1cc(Nc2nc(-c3ccccc3)cs2)nc2c1c(C)nn2-c1ccccc1. The summed E-state index contributed by atoms with van der Waals surface area (Å²) in [5, 5.41) is 12.1. The van der Waals surface area contributed by atoms with Crippen LogP contribution in [0.4, 0.5) is 10.9 Å². The molecular weight excluding hydrogens is 378 g/mol. The van der Waals surface area contributed by atoms with Crippen LogP contribution < -0.4 is 5.32 Å². The number of anilines is 2. The third-order valence-corrected chi connectivity index (χ3v) is 5.58. The van der Waals surface area contributed by atoms with Gasteiger partial charge in [0.05, 0.1) is 17.1 Å². The second kappa shape index (κ2) is 7.14. The lowest BCUT2D eigenvalue weighted by Gasteiger charge is -2.07. The first-order valence-corrected chi connectivity index (χ1v) is 10.3. The Balaban J connectivity index is 1.54. The maximum absolute atomic E-state index is 4.87. The molecule has 0 amide bonds. The maximum Gasteiger partial charge on any atom is 0.188 e. The summed E-state index contributed by atoms with van der Waals surface area (Å²) in [6.45, 7) is 4.12. The van der Waals surface area contributed by atoms with Crippen LogP contribution in [0, 0.1) is 13.8 Å². The highest BCUT2D eigenvalue weighted by molar-refractivity contribution is 7.14. The van der Waals surface area contributed by atoms with Gasteiger partial charge < -0.3 is 5.32 Å². The van der Waals surface area contributed by atoms with Crippen molar-refractivity contribution in [2.24, 2.45) is 0 Å². The van der Waals surface area contributed by atoms with Crippen molar-refractivity contribution in [3.05, 3.63) is 83.4 Å². The highest BCUT2D eigenvalue weighted by atomic mass is 32.1. The number of thiazole rings is 1. The maximum atomic E-state index is 4.87. The van der Waals surface area contributed by atoms with Crippen molar-refractivity contribution in [3.63, 3.8) is 0 Å². The molecule has 3 aromatic heterocycles. The van der Waals surface area contributed by atoms with Crippen molar-refractivity contribution in [1.82, 2.24) is 19.7 Å². The number of hydrogen-bond donors (Lipinski definition) is 1. The van der Waals surface area contributed by atoms with Gasteiger partial charge in [0, 0.05) is 16.3 Å². The predicted octanol–water partition coefficient (Wildman–Crippen LogP) is 5.90. The summed E-state index contributed by atoms with van der Waals surface area (Å²) in [6, 6.07) is 22.3. The minimum atomic E-state index is 0.765. The van der Waals surface area contributed by atoms with E-state index in [9.17, 15) is 0 Å². The van der Waals surface area contributed by atoms with Crippen molar-refractivity contribution < 1.29 is 0 Å². The van der Waals surface area contributed by atoms with Gasteiger partial charge in [0.2, 0.25) is 0 Å². The van der Waals surface area contributed by atoms with Crippen LogP contribution in [0.3, 0.4) is 0 Å². The Kier molecular flexibility index (Phi) is 4.33. The number of fused-ring (bicyclic) bond motifs is 1. The molecule has 0 fully saturated rings. The molecule has 0 aliphatic heterocycles. The zero-order valence-corrected chi connectivity index (χ0v) is 16.9. The smallest absolute Gasteiger partial charge is 0.188 e. The van der Waals surface area contributed by atoms with E-state index in [0.717, 1.165) is 50.2 Å². The van der Waals surface area contributed by atoms with Gasteiger partial charge in [0.1, 0.15) is 5.82 Å². The second-order valence-corrected chi connectivity index (χ2v) is 7.74. The number of aromatic nitrogens is 4. The van der Waals surface area contributed by atoms with Crippen molar-refractivity contribution in [2.45, 2.75) is 13.8 Å². The highest BCUT2D eigenvalue weighted by Gasteiger charge is 2.15. The van der Waals surface area contributed by atoms with E-state index in [1.54, 1.807) is 11.3 Å². The van der Waals surface area contributed by atoms with Crippen LogP contribution in [-0.4, -0.2) is 19.7 Å². The number of rotatable bonds is 4. The Hall–Kier alpha value is -3.51. The third-order valence-electron chi connectivity index (χ3n) is 4.82. The summed E-state index contributed by atoms with van der Waals surface area (Å²) in [4.78, 5) is 9.58. The van der Waals surface area contributed by atoms with Gasteiger partial charge >= 0.3 is 0 Å². The molecule has 0 atom stereocenters. The number of nitrogens with zero attached hydrogens (tertiary/aromatic N) is 4. The zero-order valence-electron chi connectivity index (χ0n) is 16.1. The van der Waals surface area contributed by atoms with E-state index in [4.69, 9.17) is 15.1 Å². The Morgan fingerprint density at radius 2 is 1.62 bits per heavy atom. The minimum Gasteiger partial charge on any atom is -0.316 e. The van der Waals surface area contributed by atoms with Crippen LogP contribution in [0.25, 0.3) is 28.0 Å². The van der Waals surface area contributed by atoms with Gasteiger partial charge in [-0.2, -0.15) is 5.10 Å². The topological polar surface area (TPSA) is 55.6 Å². The molecule has 0 unspecified atom stereocenters. The molecule has 0 aliphatic rings. The molecule has 2 aromatic carbocycles. The lowest BCUT2D eigenvalue weighted by molar-refractivity contribution is 0.878. The fraction of sp³-hybridized carbons (Fsp3) is 0.0870. The van der Waals surface area contributed by atoms with Crippen molar-refractivity contribution in [2.75, 3.05) is 5.32 Å². The van der Waals surface area contributed by atoms with Crippen LogP contribution >= 0.6 is 11.3 Å². The summed E-state index contributed by atoms with van der Waals surface area (Å²) in [5.74, 6) is 0.765. The zero-order chi connectivity index (χ0) is 19.8. The Morgan fingerprint density at radius 3 is 2.38 bits per heavy atom. The minimum absolute atomic E-state index is 0.765. The van der Waals surface area contributed by atoms with Crippen LogP contribution in [0.2, 0.25) is 0 Å². The first-order chi connectivity index (χ1) is 14.2. The molecule has 0 radical (unpaired) electrons. The van der Waals surface area contributed by atoms with Crippen molar-refractivity contribution in [1.29, 1.82) is 0 Å². The number of benzene rings is 2. The molecule has 3 heterocycles. The lowest BCUT2D eigenvalue weighted by atomic mass is 10.1. The van der Waals surface area contributed by atoms with Gasteiger partial charge in [0.25, 0.3) is 0 Å². The van der Waals surface area contributed by atoms with E-state index < -0.39 is 0 Å². The van der Waals surface area contributed by atoms with Gasteiger partial charge in [-0.15, -0.1) is 11.3 Å². The molecule has 0 saturated carbocycles. The van der Waals surface area contributed by atoms with Crippen LogP contribution in [0.15, 0.2) is 72.1 Å². The van der Waals surface area contributed by atoms with Crippen molar-refractivity contribution >= 4 is 33.3 Å². The van der Waals surface area contributed by atoms with Crippen LogP contribution in [0.1, 0.15) is 11.3 Å². The summed E-state index contributed by atoms with van der Waals surface area (Å²) in [7, 11) is 0. The van der Waals surface area contributed by atoms with E-state index >= 15 is 0 Å². The first kappa shape index (κ1) is 17.6. The fourth-order valence-corrected chi connectivity index (χ4v) is 4.23. The highest BCUT2D eigenvalue weighted by Crippen LogP contribution is 2.29. The third kappa shape index (κ3) is 3.28. The molecule has 5 rings (SSSR count). The first-order valence-electron chi connectivity index (χ1n) is 9.39. The Morgan fingerprint density at radius 1 is 0.897 bits per heavy atom. The number of hydrogen-bond acceptors (Lipinski definition) is 5. The van der Waals surface area contributed by atoms with E-state index in [2.05, 4.69) is 35.8 Å². The molecule has 29 heavy (non-hydrogen) atoms. The lowest BCUT2D eigenvalue weighted by Crippen LogP contribution is -2.00. The Labute approximate surface area is 172 Å². The van der Waals surface area contributed by atoms with E-state index in [-0.39, 0.29) is 0 Å². The largest absolute Gasteiger partial charge is 0.316 e. The summed E-state index contributed by atoms with van der Waals surface area (Å²) >= 11 is 1.57. The molecule has 0 spiro atoms. The fourth-order valence-electron chi connectivity index (χ4n) is 3.50. The van der Waals surface area contributed by atoms with Gasteiger partial charge in [-0.25, -0.2) is 14.6 Å². The Bertz CT molecular complexity index is 1290. The monoisotopic (exact) mass is 397 g/mol. The van der Waals surface area contributed by atoms with Gasteiger partial charge in [-0.1, -0.05) is 48.5 Å². The number of aryl methyl sites for hydroxylation is 2. The number of pyridine rings is 1. The molecule has 6 heteroatoms. The number of nitrogens with one attached hydrogen (secondary N) is 1. The molecule has 0 bridgehead atoms. The molecule has 5 aromatic rings. The van der Waals surface area contributed by atoms with E-state index in [0.29, 0.717) is 0 Å². The molecule has 0 aliphatic carbocycles. The van der Waals surface area contributed by atoms with Gasteiger partial charge in [0.15, 0.2) is 10.8 Å².